The summed E-state index contributed by atoms with van der Waals surface area (Å²) in [4.78, 5) is 26.2. The summed E-state index contributed by atoms with van der Waals surface area (Å²) in [5.74, 6) is -0.492. The van der Waals surface area contributed by atoms with Crippen molar-refractivity contribution in [2.75, 3.05) is 12.3 Å². The molecular formula is C35H39NO8S. The molecule has 0 radical (unpaired) electrons. The molecule has 9 atom stereocenters. The molecule has 0 spiro atoms. The van der Waals surface area contributed by atoms with Crippen LogP contribution in [0.3, 0.4) is 0 Å². The third kappa shape index (κ3) is 4.36. The van der Waals surface area contributed by atoms with Gasteiger partial charge in [-0.25, -0.2) is 8.42 Å². The molecule has 0 bridgehead atoms. The minimum absolute atomic E-state index is 0.00887. The number of hydrogen-bond donors (Lipinski definition) is 3. The van der Waals surface area contributed by atoms with Crippen LogP contribution in [0.15, 0.2) is 82.1 Å². The number of sulfone groups is 1. The van der Waals surface area contributed by atoms with Gasteiger partial charge in [-0.15, -0.1) is 0 Å². The number of nitrogen functional groups attached to an aromatic ring is 1. The maximum Gasteiger partial charge on any atom is 0.206 e. The Labute approximate surface area is 263 Å². The molecule has 2 aromatic rings. The Morgan fingerprint density at radius 3 is 2.40 bits per heavy atom. The molecule has 238 valence electrons. The largest absolute Gasteiger partial charge is 0.399 e. The van der Waals surface area contributed by atoms with E-state index >= 15 is 0 Å². The first-order valence-corrected chi connectivity index (χ1v) is 17.1. The summed E-state index contributed by atoms with van der Waals surface area (Å²) in [7, 11) is -3.73. The second kappa shape index (κ2) is 10.4. The Morgan fingerprint density at radius 1 is 1.07 bits per heavy atom. The monoisotopic (exact) mass is 633 g/mol. The Bertz CT molecular complexity index is 1720. The number of aliphatic hydroxyl groups excluding tert-OH is 2. The maximum atomic E-state index is 13.7. The Kier molecular flexibility index (Phi) is 7.07. The molecule has 5 aliphatic rings. The number of ether oxygens (including phenoxy) is 2. The van der Waals surface area contributed by atoms with Crippen molar-refractivity contribution in [1.82, 2.24) is 0 Å². The van der Waals surface area contributed by atoms with Crippen LogP contribution in [-0.4, -0.2) is 60.9 Å². The van der Waals surface area contributed by atoms with Crippen molar-refractivity contribution in [3.8, 4) is 0 Å². The van der Waals surface area contributed by atoms with Crippen LogP contribution >= 0.6 is 0 Å². The van der Waals surface area contributed by atoms with Crippen molar-refractivity contribution in [3.05, 3.63) is 77.9 Å². The average Bonchev–Trinajstić information content (AvgIpc) is 3.49. The lowest BCUT2D eigenvalue weighted by Crippen LogP contribution is -2.63. The molecule has 7 rings (SSSR count). The highest BCUT2D eigenvalue weighted by Gasteiger charge is 2.75. The summed E-state index contributed by atoms with van der Waals surface area (Å²) in [6, 6.07) is 12.5. The second-order valence-electron chi connectivity index (χ2n) is 13.9. The highest BCUT2D eigenvalue weighted by Crippen LogP contribution is 2.69. The number of anilines is 1. The number of aliphatic hydroxyl groups is 2. The highest BCUT2D eigenvalue weighted by atomic mass is 32.2. The Hall–Kier alpha value is -3.15. The van der Waals surface area contributed by atoms with E-state index in [1.165, 1.54) is 12.1 Å². The van der Waals surface area contributed by atoms with Crippen LogP contribution in [0.5, 0.6) is 0 Å². The average molecular weight is 634 g/mol. The number of Topliss-reactive ketones (excluding diaryl/α,β-unsaturated/α-hetero) is 1. The molecule has 0 aromatic heterocycles. The SMILES string of the molecule is C[C@]12C=CC(=O)C=C1CC[C@@H]1[C@@H]2[C@@H](O)C[C@@]2(C)[C@H]1C[C@H]1O[C@@H](Cc3ccc(S(=O)(=O)c4ccc(N)cc4)cc3)O[C@]12C(=O)CO. The Balaban J connectivity index is 1.14. The van der Waals surface area contributed by atoms with E-state index in [1.54, 1.807) is 48.6 Å². The van der Waals surface area contributed by atoms with Gasteiger partial charge in [0.25, 0.3) is 0 Å². The first-order valence-electron chi connectivity index (χ1n) is 15.6. The first-order chi connectivity index (χ1) is 21.3. The molecule has 0 amide bonds. The smallest absolute Gasteiger partial charge is 0.206 e. The number of carbonyl (C=O) groups excluding carboxylic acids is 2. The molecule has 1 saturated heterocycles. The molecule has 2 aromatic carbocycles. The number of hydrogen-bond acceptors (Lipinski definition) is 9. The number of ketones is 2. The molecule has 4 N–H and O–H groups in total. The van der Waals surface area contributed by atoms with Gasteiger partial charge in [-0.1, -0.05) is 37.6 Å². The topological polar surface area (TPSA) is 153 Å². The van der Waals surface area contributed by atoms with E-state index in [-0.39, 0.29) is 39.7 Å². The van der Waals surface area contributed by atoms with E-state index in [1.807, 2.05) is 13.0 Å². The summed E-state index contributed by atoms with van der Waals surface area (Å²) in [5.41, 5.74) is 5.36. The van der Waals surface area contributed by atoms with Gasteiger partial charge in [-0.3, -0.25) is 9.59 Å². The minimum Gasteiger partial charge on any atom is -0.399 e. The third-order valence-corrected chi connectivity index (χ3v) is 13.5. The minimum atomic E-state index is -3.73. The third-order valence-electron chi connectivity index (χ3n) is 11.7. The number of nitrogens with two attached hydrogens (primary N) is 1. The van der Waals surface area contributed by atoms with E-state index in [9.17, 15) is 28.2 Å². The lowest BCUT2D eigenvalue weighted by Gasteiger charge is -2.59. The van der Waals surface area contributed by atoms with E-state index in [4.69, 9.17) is 15.2 Å². The van der Waals surface area contributed by atoms with Crippen molar-refractivity contribution < 1.29 is 37.7 Å². The number of fused-ring (bicyclic) bond motifs is 7. The van der Waals surface area contributed by atoms with E-state index in [0.29, 0.717) is 18.5 Å². The van der Waals surface area contributed by atoms with Crippen LogP contribution in [0.2, 0.25) is 0 Å². The standard InChI is InChI=1S/C35H39NO8S/c1-33-14-13-23(38)16-21(33)5-12-26-27-17-30-35(29(40)19-37,34(27,2)18-28(39)32(26)33)44-31(43-30)15-20-3-8-24(9-4-20)45(41,42)25-10-6-22(36)7-11-25/h3-4,6-11,13-14,16,26-28,30-32,37,39H,5,12,15,17-19,36H2,1-2H3/t26-,27-,28-,30+,31+,32+,33-,34-,35+/m0/s1. The quantitative estimate of drug-likeness (QED) is 0.405. The number of benzene rings is 2. The van der Waals surface area contributed by atoms with Crippen LogP contribution in [0.25, 0.3) is 0 Å². The van der Waals surface area contributed by atoms with Crippen molar-refractivity contribution in [2.24, 2.45) is 28.6 Å². The lowest BCUT2D eigenvalue weighted by atomic mass is 9.46. The van der Waals surface area contributed by atoms with Crippen molar-refractivity contribution in [2.45, 2.75) is 79.8 Å². The molecule has 1 aliphatic heterocycles. The molecular weight excluding hydrogens is 594 g/mol. The zero-order valence-corrected chi connectivity index (χ0v) is 26.2. The van der Waals surface area contributed by atoms with E-state index in [0.717, 1.165) is 24.0 Å². The van der Waals surface area contributed by atoms with Gasteiger partial charge < -0.3 is 25.4 Å². The number of allylic oxidation sites excluding steroid dienone is 4. The predicted molar refractivity (Wildman–Crippen MR) is 164 cm³/mol. The molecule has 45 heavy (non-hydrogen) atoms. The predicted octanol–water partition coefficient (Wildman–Crippen LogP) is 3.57. The highest BCUT2D eigenvalue weighted by molar-refractivity contribution is 7.91. The van der Waals surface area contributed by atoms with Gasteiger partial charge in [0.2, 0.25) is 9.84 Å². The van der Waals surface area contributed by atoms with Crippen molar-refractivity contribution >= 4 is 27.1 Å². The van der Waals surface area contributed by atoms with Crippen LogP contribution in [0.1, 0.15) is 45.1 Å². The zero-order valence-electron chi connectivity index (χ0n) is 25.4. The first kappa shape index (κ1) is 30.5. The van der Waals surface area contributed by atoms with E-state index in [2.05, 4.69) is 6.92 Å². The molecule has 0 unspecified atom stereocenters. The van der Waals surface area contributed by atoms with Gasteiger partial charge >= 0.3 is 0 Å². The Morgan fingerprint density at radius 2 is 1.73 bits per heavy atom. The molecule has 3 saturated carbocycles. The maximum absolute atomic E-state index is 13.7. The van der Waals surface area contributed by atoms with Gasteiger partial charge in [-0.05, 0) is 91.6 Å². The fraction of sp³-hybridized carbons (Fsp3) is 0.486. The van der Waals surface area contributed by atoms with E-state index < -0.39 is 57.2 Å². The number of carbonyl (C=O) groups is 2. The fourth-order valence-corrected chi connectivity index (χ4v) is 10.9. The summed E-state index contributed by atoms with van der Waals surface area (Å²) in [6.45, 7) is 3.40. The fourth-order valence-electron chi connectivity index (χ4n) is 9.63. The van der Waals surface area contributed by atoms with Crippen LogP contribution in [0.4, 0.5) is 5.69 Å². The molecule has 4 aliphatic carbocycles. The summed E-state index contributed by atoms with van der Waals surface area (Å²) in [5, 5.41) is 22.0. The molecule has 10 heteroatoms. The molecule has 4 fully saturated rings. The molecule has 1 heterocycles. The van der Waals surface area contributed by atoms with Gasteiger partial charge in [0.05, 0.1) is 22.0 Å². The van der Waals surface area contributed by atoms with Crippen molar-refractivity contribution in [3.63, 3.8) is 0 Å². The zero-order chi connectivity index (χ0) is 31.9. The number of rotatable bonds is 6. The normalized spacial score (nSPS) is 38.6. The molecule has 9 nitrogen and oxygen atoms in total. The second-order valence-corrected chi connectivity index (χ2v) is 15.8. The lowest BCUT2D eigenvalue weighted by molar-refractivity contribution is -0.199. The van der Waals surface area contributed by atoms with Crippen LogP contribution < -0.4 is 5.73 Å². The van der Waals surface area contributed by atoms with Crippen LogP contribution in [-0.2, 0) is 35.3 Å². The summed E-state index contributed by atoms with van der Waals surface area (Å²) in [6.07, 6.45) is 5.81. The van der Waals surface area contributed by atoms with Gasteiger partial charge in [0.15, 0.2) is 23.5 Å². The summed E-state index contributed by atoms with van der Waals surface area (Å²) >= 11 is 0. The van der Waals surface area contributed by atoms with Gasteiger partial charge in [-0.2, -0.15) is 0 Å². The summed E-state index contributed by atoms with van der Waals surface area (Å²) < 4.78 is 39.3. The van der Waals surface area contributed by atoms with Gasteiger partial charge in [0, 0.05) is 28.9 Å². The van der Waals surface area contributed by atoms with Gasteiger partial charge in [0.1, 0.15) is 6.61 Å². The van der Waals surface area contributed by atoms with Crippen molar-refractivity contribution in [1.29, 1.82) is 0 Å². The van der Waals surface area contributed by atoms with Crippen LogP contribution in [0, 0.1) is 28.6 Å².